The highest BCUT2D eigenvalue weighted by Gasteiger charge is 2.23. The van der Waals surface area contributed by atoms with Crippen LogP contribution in [0.1, 0.15) is 33.0 Å². The summed E-state index contributed by atoms with van der Waals surface area (Å²) >= 11 is 0. The third kappa shape index (κ3) is 4.29. The Morgan fingerprint density at radius 2 is 2.11 bits per heavy atom. The number of aromatic nitrogens is 2. The number of imidazole rings is 1. The zero-order valence-electron chi connectivity index (χ0n) is 12.1. The average molecular weight is 288 g/mol. The van der Waals surface area contributed by atoms with Crippen LogP contribution in [0.25, 0.3) is 0 Å². The first kappa shape index (κ1) is 16.1. The molecular weight excluding hydrogens is 264 g/mol. The smallest absolute Gasteiger partial charge is 0.259 e. The molecule has 0 fully saturated rings. The van der Waals surface area contributed by atoms with E-state index >= 15 is 0 Å². The van der Waals surface area contributed by atoms with Crippen LogP contribution < -0.4 is 10.5 Å². The van der Waals surface area contributed by atoms with E-state index in [4.69, 9.17) is 5.73 Å². The summed E-state index contributed by atoms with van der Waals surface area (Å²) in [6, 6.07) is 0. The van der Waals surface area contributed by atoms with Crippen molar-refractivity contribution >= 4 is 10.0 Å². The monoisotopic (exact) mass is 288 g/mol. The third-order valence-electron chi connectivity index (χ3n) is 2.99. The fraction of sp³-hybridized carbons (Fsp3) is 0.750. The summed E-state index contributed by atoms with van der Waals surface area (Å²) in [7, 11) is -3.56. The molecule has 1 aromatic rings. The van der Waals surface area contributed by atoms with Gasteiger partial charge in [-0.2, -0.15) is 0 Å². The summed E-state index contributed by atoms with van der Waals surface area (Å²) in [5.41, 5.74) is 5.32. The van der Waals surface area contributed by atoms with Crippen LogP contribution in [0.15, 0.2) is 11.2 Å². The summed E-state index contributed by atoms with van der Waals surface area (Å²) in [4.78, 5) is 4.11. The van der Waals surface area contributed by atoms with E-state index < -0.39 is 10.0 Å². The number of nitrogens with two attached hydrogens (primary N) is 1. The average Bonchev–Trinajstić information content (AvgIpc) is 2.70. The maximum absolute atomic E-state index is 12.1. The molecule has 0 aliphatic carbocycles. The maximum atomic E-state index is 12.1. The maximum Gasteiger partial charge on any atom is 0.259 e. The van der Waals surface area contributed by atoms with Gasteiger partial charge in [0, 0.05) is 19.3 Å². The van der Waals surface area contributed by atoms with Gasteiger partial charge in [0.05, 0.1) is 0 Å². The molecule has 0 bridgehead atoms. The van der Waals surface area contributed by atoms with Gasteiger partial charge in [0.25, 0.3) is 10.0 Å². The second-order valence-electron chi connectivity index (χ2n) is 5.51. The summed E-state index contributed by atoms with van der Waals surface area (Å²) in [6.45, 7) is 9.15. The van der Waals surface area contributed by atoms with E-state index in [0.717, 1.165) is 13.0 Å². The van der Waals surface area contributed by atoms with E-state index in [1.165, 1.54) is 0 Å². The lowest BCUT2D eigenvalue weighted by molar-refractivity contribution is 0.376. The lowest BCUT2D eigenvalue weighted by Crippen LogP contribution is -2.38. The second-order valence-corrected chi connectivity index (χ2v) is 7.23. The number of nitrogens with zero attached hydrogens (tertiary/aromatic N) is 2. The summed E-state index contributed by atoms with van der Waals surface area (Å²) in [5, 5.41) is 0.0753. The van der Waals surface area contributed by atoms with Crippen LogP contribution in [0.4, 0.5) is 0 Å². The quantitative estimate of drug-likeness (QED) is 0.779. The van der Waals surface area contributed by atoms with E-state index in [9.17, 15) is 8.42 Å². The first-order valence-corrected chi connectivity index (χ1v) is 7.93. The van der Waals surface area contributed by atoms with E-state index in [1.54, 1.807) is 13.1 Å². The molecule has 0 amide bonds. The summed E-state index contributed by atoms with van der Waals surface area (Å²) in [6.07, 6.45) is 2.51. The Morgan fingerprint density at radius 1 is 1.47 bits per heavy atom. The van der Waals surface area contributed by atoms with E-state index in [-0.39, 0.29) is 10.4 Å². The number of rotatable bonds is 7. The Bertz CT molecular complexity index is 520. The van der Waals surface area contributed by atoms with Crippen molar-refractivity contribution in [3.8, 4) is 0 Å². The van der Waals surface area contributed by atoms with Crippen molar-refractivity contribution in [3.05, 3.63) is 12.0 Å². The van der Waals surface area contributed by atoms with Gasteiger partial charge in [0.2, 0.25) is 0 Å². The largest absolute Gasteiger partial charge is 0.334 e. The number of sulfonamides is 1. The van der Waals surface area contributed by atoms with Crippen LogP contribution in [0, 0.1) is 12.3 Å². The van der Waals surface area contributed by atoms with Crippen LogP contribution in [0.3, 0.4) is 0 Å². The molecule has 19 heavy (non-hydrogen) atoms. The van der Waals surface area contributed by atoms with E-state index in [1.807, 2.05) is 25.3 Å². The molecule has 0 aliphatic heterocycles. The Labute approximate surface area is 115 Å². The lowest BCUT2D eigenvalue weighted by Gasteiger charge is -2.22. The molecule has 1 rings (SSSR count). The zero-order valence-corrected chi connectivity index (χ0v) is 12.9. The molecule has 0 atom stereocenters. The molecule has 0 saturated carbocycles. The summed E-state index contributed by atoms with van der Waals surface area (Å²) in [5.74, 6) is 0.709. The molecule has 0 aromatic carbocycles. The molecular formula is C12H24N4O2S. The van der Waals surface area contributed by atoms with Gasteiger partial charge in [0.1, 0.15) is 5.82 Å². The topological polar surface area (TPSA) is 90.0 Å². The molecule has 1 aromatic heterocycles. The number of aryl methyl sites for hydroxylation is 2. The fourth-order valence-corrected chi connectivity index (χ4v) is 2.76. The normalized spacial score (nSPS) is 12.9. The predicted molar refractivity (Wildman–Crippen MR) is 75.3 cm³/mol. The first-order valence-electron chi connectivity index (χ1n) is 6.45. The Balaban J connectivity index is 2.86. The summed E-state index contributed by atoms with van der Waals surface area (Å²) < 4.78 is 28.7. The van der Waals surface area contributed by atoms with Crippen LogP contribution >= 0.6 is 0 Å². The minimum absolute atomic E-state index is 0.0753. The highest BCUT2D eigenvalue weighted by atomic mass is 32.2. The van der Waals surface area contributed by atoms with Crippen molar-refractivity contribution in [1.29, 1.82) is 0 Å². The molecule has 0 saturated heterocycles. The van der Waals surface area contributed by atoms with Crippen molar-refractivity contribution in [2.75, 3.05) is 13.1 Å². The van der Waals surface area contributed by atoms with Gasteiger partial charge in [-0.25, -0.2) is 18.1 Å². The fourth-order valence-electron chi connectivity index (χ4n) is 1.51. The van der Waals surface area contributed by atoms with Gasteiger partial charge in [-0.05, 0) is 25.3 Å². The molecule has 1 heterocycles. The van der Waals surface area contributed by atoms with Gasteiger partial charge in [-0.3, -0.25) is 0 Å². The Kier molecular flexibility index (Phi) is 5.11. The van der Waals surface area contributed by atoms with Crippen molar-refractivity contribution in [2.24, 2.45) is 11.1 Å². The van der Waals surface area contributed by atoms with E-state index in [0.29, 0.717) is 18.9 Å². The van der Waals surface area contributed by atoms with Crippen molar-refractivity contribution < 1.29 is 8.42 Å². The molecule has 0 aliphatic rings. The number of hydrogen-bond acceptors (Lipinski definition) is 4. The highest BCUT2D eigenvalue weighted by molar-refractivity contribution is 7.89. The van der Waals surface area contributed by atoms with E-state index in [2.05, 4.69) is 9.71 Å². The minimum Gasteiger partial charge on any atom is -0.334 e. The molecule has 7 heteroatoms. The third-order valence-corrected chi connectivity index (χ3v) is 4.26. The minimum atomic E-state index is -3.56. The highest BCUT2D eigenvalue weighted by Crippen LogP contribution is 2.14. The van der Waals surface area contributed by atoms with Crippen molar-refractivity contribution in [2.45, 2.75) is 45.7 Å². The van der Waals surface area contributed by atoms with Gasteiger partial charge >= 0.3 is 0 Å². The van der Waals surface area contributed by atoms with Crippen LogP contribution in [-0.2, 0) is 16.6 Å². The Morgan fingerprint density at radius 3 is 2.63 bits per heavy atom. The van der Waals surface area contributed by atoms with Crippen LogP contribution in [-0.4, -0.2) is 31.1 Å². The van der Waals surface area contributed by atoms with Gasteiger partial charge in [0.15, 0.2) is 5.03 Å². The van der Waals surface area contributed by atoms with Crippen molar-refractivity contribution in [1.82, 2.24) is 14.3 Å². The molecule has 110 valence electrons. The van der Waals surface area contributed by atoms with Gasteiger partial charge in [-0.1, -0.05) is 20.8 Å². The van der Waals surface area contributed by atoms with Crippen LogP contribution in [0.2, 0.25) is 0 Å². The lowest BCUT2D eigenvalue weighted by atomic mass is 9.95. The predicted octanol–water partition coefficient (Wildman–Crippen LogP) is 0.865. The molecule has 0 unspecified atom stereocenters. The van der Waals surface area contributed by atoms with Crippen molar-refractivity contribution in [3.63, 3.8) is 0 Å². The number of nitrogens with one attached hydrogen (secondary N) is 1. The second kappa shape index (κ2) is 6.02. The molecule has 3 N–H and O–H groups in total. The molecule has 0 spiro atoms. The molecule has 0 radical (unpaired) electrons. The van der Waals surface area contributed by atoms with Crippen LogP contribution in [0.5, 0.6) is 0 Å². The first-order chi connectivity index (χ1) is 8.72. The molecule has 6 nitrogen and oxygen atoms in total. The van der Waals surface area contributed by atoms with Gasteiger partial charge in [-0.15, -0.1) is 0 Å². The Hall–Kier alpha value is -0.920. The number of hydrogen-bond donors (Lipinski definition) is 2. The standard InChI is InChI=1S/C12H24N4O2S/c1-5-6-16-7-11(15-10(16)2)19(17,18)14-9-12(3,4)8-13/h7,14H,5-6,8-9,13H2,1-4H3. The zero-order chi connectivity index (χ0) is 14.7. The SMILES string of the molecule is CCCn1cc(S(=O)(=O)NCC(C)(C)CN)nc1C. The van der Waals surface area contributed by atoms with Gasteiger partial charge < -0.3 is 10.3 Å².